The first-order valence-electron chi connectivity index (χ1n) is 7.10. The largest absolute Gasteiger partial charge is 0.492 e. The van der Waals surface area contributed by atoms with Gasteiger partial charge in [-0.1, -0.05) is 6.07 Å². The van der Waals surface area contributed by atoms with Crippen LogP contribution >= 0.6 is 0 Å². The molecule has 1 aromatic carbocycles. The molecule has 4 nitrogen and oxygen atoms in total. The SMILES string of the molecule is CCOC1CCCN(CCOc2cccc(N)c2)C1. The van der Waals surface area contributed by atoms with Gasteiger partial charge in [-0.25, -0.2) is 0 Å². The number of hydrogen-bond donors (Lipinski definition) is 1. The van der Waals surface area contributed by atoms with Crippen molar-refractivity contribution in [1.82, 2.24) is 4.90 Å². The number of nitrogens with two attached hydrogens (primary N) is 1. The van der Waals surface area contributed by atoms with Crippen LogP contribution in [0.1, 0.15) is 19.8 Å². The van der Waals surface area contributed by atoms with Gasteiger partial charge in [-0.2, -0.15) is 0 Å². The Morgan fingerprint density at radius 2 is 2.32 bits per heavy atom. The van der Waals surface area contributed by atoms with E-state index in [1.54, 1.807) is 0 Å². The number of anilines is 1. The first-order chi connectivity index (χ1) is 9.28. The van der Waals surface area contributed by atoms with Crippen LogP contribution in [0.4, 0.5) is 5.69 Å². The molecular weight excluding hydrogens is 240 g/mol. The maximum Gasteiger partial charge on any atom is 0.121 e. The molecule has 1 aromatic rings. The maximum atomic E-state index is 5.72. The summed E-state index contributed by atoms with van der Waals surface area (Å²) in [6, 6.07) is 7.58. The molecule has 0 bridgehead atoms. The Morgan fingerprint density at radius 1 is 1.42 bits per heavy atom. The minimum Gasteiger partial charge on any atom is -0.492 e. The van der Waals surface area contributed by atoms with Crippen molar-refractivity contribution < 1.29 is 9.47 Å². The van der Waals surface area contributed by atoms with E-state index in [2.05, 4.69) is 11.8 Å². The Bertz CT molecular complexity index is 382. The quantitative estimate of drug-likeness (QED) is 0.800. The van der Waals surface area contributed by atoms with Crippen molar-refractivity contribution in [2.45, 2.75) is 25.9 Å². The van der Waals surface area contributed by atoms with Crippen molar-refractivity contribution in [2.75, 3.05) is 38.6 Å². The Morgan fingerprint density at radius 3 is 3.11 bits per heavy atom. The van der Waals surface area contributed by atoms with Crippen LogP contribution in [0.5, 0.6) is 5.75 Å². The second-order valence-corrected chi connectivity index (χ2v) is 4.94. The van der Waals surface area contributed by atoms with E-state index >= 15 is 0 Å². The number of benzene rings is 1. The second kappa shape index (κ2) is 7.36. The summed E-state index contributed by atoms with van der Waals surface area (Å²) in [4.78, 5) is 2.41. The van der Waals surface area contributed by atoms with Crippen LogP contribution in [0, 0.1) is 0 Å². The summed E-state index contributed by atoms with van der Waals surface area (Å²) in [5, 5.41) is 0. The fourth-order valence-corrected chi connectivity index (χ4v) is 2.48. The lowest BCUT2D eigenvalue weighted by atomic mass is 10.1. The highest BCUT2D eigenvalue weighted by Gasteiger charge is 2.19. The molecule has 0 amide bonds. The average Bonchev–Trinajstić information content (AvgIpc) is 2.40. The van der Waals surface area contributed by atoms with Crippen molar-refractivity contribution in [2.24, 2.45) is 0 Å². The first-order valence-corrected chi connectivity index (χ1v) is 7.10. The van der Waals surface area contributed by atoms with E-state index < -0.39 is 0 Å². The molecule has 0 spiro atoms. The van der Waals surface area contributed by atoms with Gasteiger partial charge < -0.3 is 15.2 Å². The van der Waals surface area contributed by atoms with Gasteiger partial charge >= 0.3 is 0 Å². The van der Waals surface area contributed by atoms with Crippen molar-refractivity contribution in [3.05, 3.63) is 24.3 Å². The molecule has 1 aliphatic heterocycles. The number of nitrogen functional groups attached to an aromatic ring is 1. The number of ether oxygens (including phenoxy) is 2. The van der Waals surface area contributed by atoms with E-state index in [0.29, 0.717) is 12.7 Å². The Kier molecular flexibility index (Phi) is 5.48. The number of piperidine rings is 1. The van der Waals surface area contributed by atoms with Crippen molar-refractivity contribution in [3.63, 3.8) is 0 Å². The van der Waals surface area contributed by atoms with E-state index in [0.717, 1.165) is 37.7 Å². The Hall–Kier alpha value is -1.26. The van der Waals surface area contributed by atoms with Crippen LogP contribution in [0.15, 0.2) is 24.3 Å². The molecule has 19 heavy (non-hydrogen) atoms. The van der Waals surface area contributed by atoms with E-state index in [1.807, 2.05) is 24.3 Å². The van der Waals surface area contributed by atoms with Gasteiger partial charge in [-0.05, 0) is 38.4 Å². The van der Waals surface area contributed by atoms with Gasteiger partial charge in [0.05, 0.1) is 6.10 Å². The highest BCUT2D eigenvalue weighted by molar-refractivity contribution is 5.43. The van der Waals surface area contributed by atoms with Crippen LogP contribution in [-0.2, 0) is 4.74 Å². The standard InChI is InChI=1S/C15H24N2O2/c1-2-18-15-7-4-8-17(12-15)9-10-19-14-6-3-5-13(16)11-14/h3,5-6,11,15H,2,4,7-10,12,16H2,1H3. The summed E-state index contributed by atoms with van der Waals surface area (Å²) in [6.45, 7) is 6.67. The molecule has 2 N–H and O–H groups in total. The summed E-state index contributed by atoms with van der Waals surface area (Å²) in [5.41, 5.74) is 6.46. The molecule has 1 heterocycles. The van der Waals surface area contributed by atoms with Gasteiger partial charge in [-0.3, -0.25) is 4.90 Å². The van der Waals surface area contributed by atoms with Crippen molar-refractivity contribution in [1.29, 1.82) is 0 Å². The van der Waals surface area contributed by atoms with Crippen molar-refractivity contribution >= 4 is 5.69 Å². The summed E-state index contributed by atoms with van der Waals surface area (Å²) in [7, 11) is 0. The predicted octanol–water partition coefficient (Wildman–Crippen LogP) is 2.15. The molecule has 0 aliphatic carbocycles. The van der Waals surface area contributed by atoms with Crippen LogP contribution in [-0.4, -0.2) is 43.9 Å². The number of hydrogen-bond acceptors (Lipinski definition) is 4. The zero-order valence-corrected chi connectivity index (χ0v) is 11.7. The summed E-state index contributed by atoms with van der Waals surface area (Å²) in [6.07, 6.45) is 2.79. The molecule has 106 valence electrons. The van der Waals surface area contributed by atoms with Gasteiger partial charge in [0.1, 0.15) is 12.4 Å². The average molecular weight is 264 g/mol. The minimum absolute atomic E-state index is 0.395. The van der Waals surface area contributed by atoms with Gasteiger partial charge in [0, 0.05) is 31.5 Å². The van der Waals surface area contributed by atoms with Gasteiger partial charge in [0.2, 0.25) is 0 Å². The fraction of sp³-hybridized carbons (Fsp3) is 0.600. The third-order valence-electron chi connectivity index (χ3n) is 3.40. The minimum atomic E-state index is 0.395. The summed E-state index contributed by atoms with van der Waals surface area (Å²) in [5.74, 6) is 0.846. The lowest BCUT2D eigenvalue weighted by molar-refractivity contribution is 0.00304. The molecule has 1 unspecified atom stereocenters. The topological polar surface area (TPSA) is 47.7 Å². The van der Waals surface area contributed by atoms with Gasteiger partial charge in [0.15, 0.2) is 0 Å². The predicted molar refractivity (Wildman–Crippen MR) is 77.4 cm³/mol. The molecule has 1 saturated heterocycles. The molecule has 1 aliphatic rings. The molecule has 1 atom stereocenters. The van der Waals surface area contributed by atoms with E-state index in [4.69, 9.17) is 15.2 Å². The highest BCUT2D eigenvalue weighted by Crippen LogP contribution is 2.15. The Balaban J connectivity index is 1.70. The lowest BCUT2D eigenvalue weighted by Crippen LogP contribution is -2.41. The number of nitrogens with zero attached hydrogens (tertiary/aromatic N) is 1. The summed E-state index contributed by atoms with van der Waals surface area (Å²) < 4.78 is 11.4. The van der Waals surface area contributed by atoms with Crippen LogP contribution in [0.2, 0.25) is 0 Å². The van der Waals surface area contributed by atoms with E-state index in [1.165, 1.54) is 12.8 Å². The van der Waals surface area contributed by atoms with E-state index in [-0.39, 0.29) is 0 Å². The first kappa shape index (κ1) is 14.2. The molecule has 0 radical (unpaired) electrons. The molecular formula is C15H24N2O2. The fourth-order valence-electron chi connectivity index (χ4n) is 2.48. The zero-order chi connectivity index (χ0) is 13.5. The highest BCUT2D eigenvalue weighted by atomic mass is 16.5. The van der Waals surface area contributed by atoms with Crippen LogP contribution in [0.25, 0.3) is 0 Å². The van der Waals surface area contributed by atoms with Crippen molar-refractivity contribution in [3.8, 4) is 5.75 Å². The van der Waals surface area contributed by atoms with Gasteiger partial charge in [0.25, 0.3) is 0 Å². The van der Waals surface area contributed by atoms with E-state index in [9.17, 15) is 0 Å². The third-order valence-corrected chi connectivity index (χ3v) is 3.40. The lowest BCUT2D eigenvalue weighted by Gasteiger charge is -2.32. The smallest absolute Gasteiger partial charge is 0.121 e. The maximum absolute atomic E-state index is 5.72. The zero-order valence-electron chi connectivity index (χ0n) is 11.7. The number of likely N-dealkylation sites (tertiary alicyclic amines) is 1. The van der Waals surface area contributed by atoms with Gasteiger partial charge in [-0.15, -0.1) is 0 Å². The monoisotopic (exact) mass is 264 g/mol. The Labute approximate surface area is 115 Å². The normalized spacial score (nSPS) is 20.4. The molecule has 2 rings (SSSR count). The third kappa shape index (κ3) is 4.73. The van der Waals surface area contributed by atoms with Crippen LogP contribution in [0.3, 0.4) is 0 Å². The number of rotatable bonds is 6. The molecule has 0 aromatic heterocycles. The molecule has 1 fully saturated rings. The molecule has 0 saturated carbocycles. The molecule has 4 heteroatoms. The van der Waals surface area contributed by atoms with Crippen LogP contribution < -0.4 is 10.5 Å². The summed E-state index contributed by atoms with van der Waals surface area (Å²) >= 11 is 0. The second-order valence-electron chi connectivity index (χ2n) is 4.94.